The summed E-state index contributed by atoms with van der Waals surface area (Å²) >= 11 is 0. The Hall–Kier alpha value is -2.94. The maximum absolute atomic E-state index is 12.8. The first kappa shape index (κ1) is 15.9. The van der Waals surface area contributed by atoms with E-state index in [1.54, 1.807) is 30.6 Å². The minimum atomic E-state index is -0.0423. The summed E-state index contributed by atoms with van der Waals surface area (Å²) in [5.41, 5.74) is 3.18. The Balaban J connectivity index is 1.83. The van der Waals surface area contributed by atoms with Crippen LogP contribution in [0.3, 0.4) is 0 Å². The molecule has 0 bridgehead atoms. The van der Waals surface area contributed by atoms with Gasteiger partial charge in [0.2, 0.25) is 0 Å². The van der Waals surface area contributed by atoms with Gasteiger partial charge in [0.25, 0.3) is 5.91 Å². The molecule has 1 aromatic carbocycles. The van der Waals surface area contributed by atoms with Gasteiger partial charge in [-0.1, -0.05) is 6.07 Å². The van der Waals surface area contributed by atoms with Gasteiger partial charge in [0.15, 0.2) is 0 Å². The monoisotopic (exact) mass is 321 g/mol. The van der Waals surface area contributed by atoms with Crippen molar-refractivity contribution in [3.8, 4) is 6.07 Å². The van der Waals surface area contributed by atoms with Crippen LogP contribution in [0.15, 0.2) is 30.6 Å². The zero-order chi connectivity index (χ0) is 17.1. The summed E-state index contributed by atoms with van der Waals surface area (Å²) in [5, 5.41) is 9.01. The molecule has 1 aromatic heterocycles. The van der Waals surface area contributed by atoms with Crippen LogP contribution in [0, 0.1) is 11.3 Å². The summed E-state index contributed by atoms with van der Waals surface area (Å²) in [4.78, 5) is 25.3. The molecule has 0 saturated heterocycles. The van der Waals surface area contributed by atoms with Crippen LogP contribution in [0.1, 0.15) is 27.2 Å². The number of aromatic nitrogens is 2. The number of hydrogen-bond acceptors (Lipinski definition) is 5. The van der Waals surface area contributed by atoms with Gasteiger partial charge in [-0.05, 0) is 24.6 Å². The van der Waals surface area contributed by atoms with Gasteiger partial charge in [-0.2, -0.15) is 5.26 Å². The molecule has 1 amide bonds. The largest absolute Gasteiger partial charge is 0.362 e. The van der Waals surface area contributed by atoms with Gasteiger partial charge in [-0.3, -0.25) is 4.79 Å². The van der Waals surface area contributed by atoms with Crippen molar-refractivity contribution in [2.75, 3.05) is 32.1 Å². The van der Waals surface area contributed by atoms with E-state index in [9.17, 15) is 4.79 Å². The highest BCUT2D eigenvalue weighted by molar-refractivity contribution is 5.94. The van der Waals surface area contributed by atoms with Crippen molar-refractivity contribution in [2.45, 2.75) is 12.8 Å². The van der Waals surface area contributed by atoms with Crippen LogP contribution in [0.5, 0.6) is 0 Å². The molecule has 3 rings (SSSR count). The maximum Gasteiger partial charge on any atom is 0.253 e. The van der Waals surface area contributed by atoms with E-state index in [4.69, 9.17) is 5.26 Å². The fraction of sp³-hybridized carbons (Fsp3) is 0.333. The number of fused-ring (bicyclic) bond motifs is 1. The third-order valence-electron chi connectivity index (χ3n) is 4.21. The number of carbonyl (C=O) groups is 1. The van der Waals surface area contributed by atoms with Crippen molar-refractivity contribution in [2.24, 2.45) is 0 Å². The number of nitrogens with zero attached hydrogens (tertiary/aromatic N) is 5. The summed E-state index contributed by atoms with van der Waals surface area (Å²) in [5.74, 6) is 0.875. The van der Waals surface area contributed by atoms with E-state index in [0.717, 1.165) is 23.5 Å². The van der Waals surface area contributed by atoms with E-state index in [-0.39, 0.29) is 5.91 Å². The van der Waals surface area contributed by atoms with E-state index in [0.29, 0.717) is 30.6 Å². The minimum Gasteiger partial charge on any atom is -0.362 e. The van der Waals surface area contributed by atoms with Crippen LogP contribution in [-0.2, 0) is 12.8 Å². The topological polar surface area (TPSA) is 73.1 Å². The Morgan fingerprint density at radius 1 is 1.25 bits per heavy atom. The number of amides is 1. The van der Waals surface area contributed by atoms with Crippen LogP contribution in [0.4, 0.5) is 5.82 Å². The van der Waals surface area contributed by atoms with Crippen LogP contribution in [0.25, 0.3) is 0 Å². The van der Waals surface area contributed by atoms with Gasteiger partial charge < -0.3 is 9.80 Å². The molecule has 122 valence electrons. The lowest BCUT2D eigenvalue weighted by atomic mass is 10.1. The molecule has 2 heterocycles. The molecule has 0 saturated carbocycles. The first-order valence-corrected chi connectivity index (χ1v) is 7.89. The second kappa shape index (κ2) is 6.67. The third kappa shape index (κ3) is 3.06. The number of carbonyl (C=O) groups excluding carboxylic acids is 1. The molecule has 0 aliphatic carbocycles. The second-order valence-corrected chi connectivity index (χ2v) is 6.00. The number of hydrogen-bond donors (Lipinski definition) is 0. The maximum atomic E-state index is 12.8. The van der Waals surface area contributed by atoms with Crippen molar-refractivity contribution < 1.29 is 4.79 Å². The minimum absolute atomic E-state index is 0.0423. The summed E-state index contributed by atoms with van der Waals surface area (Å²) in [6, 6.07) is 8.92. The van der Waals surface area contributed by atoms with E-state index in [1.807, 2.05) is 23.9 Å². The van der Waals surface area contributed by atoms with Crippen molar-refractivity contribution in [3.05, 3.63) is 53.0 Å². The Bertz CT molecular complexity index is 809. The molecule has 1 aliphatic heterocycles. The number of nitriles is 1. The Morgan fingerprint density at radius 3 is 2.79 bits per heavy atom. The second-order valence-electron chi connectivity index (χ2n) is 6.00. The highest BCUT2D eigenvalue weighted by Gasteiger charge is 2.23. The SMILES string of the molecule is CN(C)c1ncnc2c1CCN(C(=O)c1cccc(C#N)c1)CC2. The van der Waals surface area contributed by atoms with Gasteiger partial charge in [-0.15, -0.1) is 0 Å². The molecule has 0 N–H and O–H groups in total. The predicted molar refractivity (Wildman–Crippen MR) is 90.8 cm³/mol. The molecular weight excluding hydrogens is 302 g/mol. The smallest absolute Gasteiger partial charge is 0.253 e. The van der Waals surface area contributed by atoms with E-state index >= 15 is 0 Å². The first-order chi connectivity index (χ1) is 11.6. The number of rotatable bonds is 2. The van der Waals surface area contributed by atoms with Crippen LogP contribution in [0.2, 0.25) is 0 Å². The summed E-state index contributed by atoms with van der Waals surface area (Å²) < 4.78 is 0. The Morgan fingerprint density at radius 2 is 2.04 bits per heavy atom. The normalized spacial score (nSPS) is 13.6. The van der Waals surface area contributed by atoms with Crippen LogP contribution in [-0.4, -0.2) is 48.0 Å². The Kier molecular flexibility index (Phi) is 4.43. The van der Waals surface area contributed by atoms with Gasteiger partial charge in [0, 0.05) is 44.7 Å². The fourth-order valence-corrected chi connectivity index (χ4v) is 3.00. The lowest BCUT2D eigenvalue weighted by Crippen LogP contribution is -2.33. The Labute approximate surface area is 141 Å². The van der Waals surface area contributed by atoms with E-state index < -0.39 is 0 Å². The van der Waals surface area contributed by atoms with Crippen molar-refractivity contribution in [1.29, 1.82) is 5.26 Å². The van der Waals surface area contributed by atoms with Gasteiger partial charge in [0.05, 0.1) is 17.3 Å². The summed E-state index contributed by atoms with van der Waals surface area (Å²) in [6.07, 6.45) is 3.03. The molecule has 0 fully saturated rings. The molecule has 0 spiro atoms. The lowest BCUT2D eigenvalue weighted by molar-refractivity contribution is 0.0763. The third-order valence-corrected chi connectivity index (χ3v) is 4.21. The molecule has 0 radical (unpaired) electrons. The molecular formula is C18H19N5O. The lowest BCUT2D eigenvalue weighted by Gasteiger charge is -2.20. The average molecular weight is 321 g/mol. The zero-order valence-corrected chi connectivity index (χ0v) is 13.9. The van der Waals surface area contributed by atoms with Gasteiger partial charge in [-0.25, -0.2) is 9.97 Å². The van der Waals surface area contributed by atoms with Crippen molar-refractivity contribution in [1.82, 2.24) is 14.9 Å². The van der Waals surface area contributed by atoms with E-state index in [1.165, 1.54) is 0 Å². The fourth-order valence-electron chi connectivity index (χ4n) is 3.00. The molecule has 2 aromatic rings. The number of benzene rings is 1. The molecule has 0 unspecified atom stereocenters. The van der Waals surface area contributed by atoms with Crippen LogP contribution >= 0.6 is 0 Å². The molecule has 1 aliphatic rings. The highest BCUT2D eigenvalue weighted by atomic mass is 16.2. The molecule has 6 heteroatoms. The number of anilines is 1. The average Bonchev–Trinajstić information content (AvgIpc) is 2.83. The predicted octanol–water partition coefficient (Wildman–Crippen LogP) is 1.66. The van der Waals surface area contributed by atoms with Crippen molar-refractivity contribution >= 4 is 11.7 Å². The molecule has 6 nitrogen and oxygen atoms in total. The standard InChI is InChI=1S/C18H19N5O/c1-22(2)17-15-6-8-23(9-7-16(15)20-12-21-17)18(24)14-5-3-4-13(10-14)11-19/h3-5,10,12H,6-9H2,1-2H3. The molecule has 0 atom stereocenters. The molecule has 24 heavy (non-hydrogen) atoms. The van der Waals surface area contributed by atoms with Crippen molar-refractivity contribution in [3.63, 3.8) is 0 Å². The van der Waals surface area contributed by atoms with Gasteiger partial charge in [0.1, 0.15) is 12.1 Å². The highest BCUT2D eigenvalue weighted by Crippen LogP contribution is 2.22. The van der Waals surface area contributed by atoms with Gasteiger partial charge >= 0.3 is 0 Å². The summed E-state index contributed by atoms with van der Waals surface area (Å²) in [7, 11) is 3.92. The van der Waals surface area contributed by atoms with E-state index in [2.05, 4.69) is 16.0 Å². The zero-order valence-electron chi connectivity index (χ0n) is 13.9. The van der Waals surface area contributed by atoms with Crippen LogP contribution < -0.4 is 4.90 Å². The quantitative estimate of drug-likeness (QED) is 0.841. The first-order valence-electron chi connectivity index (χ1n) is 7.89. The summed E-state index contributed by atoms with van der Waals surface area (Å²) in [6.45, 7) is 1.24.